The Bertz CT molecular complexity index is 655. The number of hydrogen-bond donors (Lipinski definition) is 1. The molecule has 112 valence electrons. The molecule has 8 heteroatoms. The summed E-state index contributed by atoms with van der Waals surface area (Å²) in [6.45, 7) is 5.39. The lowest BCUT2D eigenvalue weighted by Gasteiger charge is -2.09. The van der Waals surface area contributed by atoms with Crippen LogP contribution in [0.2, 0.25) is 0 Å². The molecule has 1 fully saturated rings. The highest BCUT2D eigenvalue weighted by atomic mass is 16.4. The molecule has 2 heterocycles. The molecule has 0 bridgehead atoms. The average molecular weight is 290 g/mol. The second-order valence-corrected chi connectivity index (χ2v) is 5.81. The lowest BCUT2D eigenvalue weighted by Crippen LogP contribution is -2.15. The first kappa shape index (κ1) is 13.7. The molecule has 2 aromatic heterocycles. The lowest BCUT2D eigenvalue weighted by molar-refractivity contribution is 0.0689. The van der Waals surface area contributed by atoms with Gasteiger partial charge in [-0.3, -0.25) is 0 Å². The molecule has 0 spiro atoms. The van der Waals surface area contributed by atoms with E-state index in [0.717, 1.165) is 25.2 Å². The van der Waals surface area contributed by atoms with Gasteiger partial charge >= 0.3 is 5.97 Å². The van der Waals surface area contributed by atoms with Gasteiger partial charge in [-0.25, -0.2) is 19.1 Å². The van der Waals surface area contributed by atoms with Crippen LogP contribution in [0.1, 0.15) is 54.6 Å². The smallest absolute Gasteiger partial charge is 0.358 e. The van der Waals surface area contributed by atoms with Gasteiger partial charge in [0.2, 0.25) is 0 Å². The number of carboxylic acid groups (broad SMARTS) is 1. The molecule has 0 unspecified atom stereocenters. The highest BCUT2D eigenvalue weighted by molar-refractivity contribution is 5.86. The zero-order chi connectivity index (χ0) is 15.0. The number of carboxylic acids is 1. The molecular formula is C13H18N6O2. The predicted molar refractivity (Wildman–Crippen MR) is 72.9 cm³/mol. The number of carbonyl (C=O) groups is 1. The number of aromatic carboxylic acids is 1. The summed E-state index contributed by atoms with van der Waals surface area (Å²) < 4.78 is 3.49. The third kappa shape index (κ3) is 2.79. The molecule has 0 saturated heterocycles. The van der Waals surface area contributed by atoms with Crippen molar-refractivity contribution in [1.29, 1.82) is 0 Å². The van der Waals surface area contributed by atoms with Crippen molar-refractivity contribution < 1.29 is 9.90 Å². The molecule has 0 atom stereocenters. The van der Waals surface area contributed by atoms with Crippen LogP contribution in [0, 0.1) is 5.92 Å². The molecule has 3 rings (SSSR count). The van der Waals surface area contributed by atoms with Gasteiger partial charge in [-0.1, -0.05) is 19.1 Å². The van der Waals surface area contributed by atoms with Crippen LogP contribution < -0.4 is 0 Å². The zero-order valence-corrected chi connectivity index (χ0v) is 12.1. The Morgan fingerprint density at radius 2 is 2.19 bits per heavy atom. The summed E-state index contributed by atoms with van der Waals surface area (Å²) in [7, 11) is 0. The number of aromatic nitrogens is 6. The lowest BCUT2D eigenvalue weighted by atomic mass is 10.2. The van der Waals surface area contributed by atoms with E-state index in [9.17, 15) is 9.90 Å². The van der Waals surface area contributed by atoms with E-state index in [0.29, 0.717) is 18.2 Å². The first-order valence-corrected chi connectivity index (χ1v) is 7.09. The second kappa shape index (κ2) is 5.27. The van der Waals surface area contributed by atoms with Crippen LogP contribution in [0.3, 0.4) is 0 Å². The van der Waals surface area contributed by atoms with E-state index >= 15 is 0 Å². The van der Waals surface area contributed by atoms with Crippen LogP contribution in [0.15, 0.2) is 6.33 Å². The normalized spacial score (nSPS) is 14.8. The van der Waals surface area contributed by atoms with Crippen molar-refractivity contribution in [3.05, 3.63) is 23.5 Å². The Balaban J connectivity index is 1.88. The van der Waals surface area contributed by atoms with E-state index in [4.69, 9.17) is 0 Å². The molecule has 1 aliphatic carbocycles. The van der Waals surface area contributed by atoms with Gasteiger partial charge in [0.05, 0.1) is 5.69 Å². The molecule has 8 nitrogen and oxygen atoms in total. The summed E-state index contributed by atoms with van der Waals surface area (Å²) in [5.74, 6) is 0.463. The van der Waals surface area contributed by atoms with E-state index in [1.807, 2.05) is 4.68 Å². The summed E-state index contributed by atoms with van der Waals surface area (Å²) >= 11 is 0. The zero-order valence-electron chi connectivity index (χ0n) is 12.1. The summed E-state index contributed by atoms with van der Waals surface area (Å²) in [5.41, 5.74) is 0.772. The van der Waals surface area contributed by atoms with Crippen molar-refractivity contribution in [2.75, 3.05) is 0 Å². The first-order valence-electron chi connectivity index (χ1n) is 7.09. The summed E-state index contributed by atoms with van der Waals surface area (Å²) in [5, 5.41) is 21.2. The molecule has 0 amide bonds. The molecule has 0 aliphatic heterocycles. The topological polar surface area (TPSA) is 98.7 Å². The Kier molecular flexibility index (Phi) is 3.44. The largest absolute Gasteiger partial charge is 0.476 e. The van der Waals surface area contributed by atoms with Crippen LogP contribution >= 0.6 is 0 Å². The minimum atomic E-state index is -1.02. The van der Waals surface area contributed by atoms with Crippen LogP contribution in [0.25, 0.3) is 0 Å². The van der Waals surface area contributed by atoms with Crippen molar-refractivity contribution in [2.45, 2.75) is 45.7 Å². The average Bonchev–Trinajstić information content (AvgIpc) is 3.02. The Morgan fingerprint density at radius 1 is 1.43 bits per heavy atom. The maximum absolute atomic E-state index is 11.2. The van der Waals surface area contributed by atoms with Crippen LogP contribution in [0.4, 0.5) is 0 Å². The summed E-state index contributed by atoms with van der Waals surface area (Å²) in [6, 6.07) is 0. The third-order valence-electron chi connectivity index (χ3n) is 3.47. The summed E-state index contributed by atoms with van der Waals surface area (Å²) in [4.78, 5) is 15.5. The van der Waals surface area contributed by atoms with Crippen molar-refractivity contribution in [1.82, 2.24) is 29.8 Å². The second-order valence-electron chi connectivity index (χ2n) is 5.81. The van der Waals surface area contributed by atoms with E-state index in [2.05, 4.69) is 34.2 Å². The highest BCUT2D eigenvalue weighted by Crippen LogP contribution is 2.41. The third-order valence-corrected chi connectivity index (χ3v) is 3.47. The quantitative estimate of drug-likeness (QED) is 0.856. The molecule has 1 N–H and O–H groups in total. The number of hydrogen-bond acceptors (Lipinski definition) is 5. The van der Waals surface area contributed by atoms with Gasteiger partial charge in [0, 0.05) is 12.5 Å². The molecule has 21 heavy (non-hydrogen) atoms. The molecule has 0 aromatic carbocycles. The van der Waals surface area contributed by atoms with Gasteiger partial charge in [0.15, 0.2) is 5.69 Å². The molecular weight excluding hydrogens is 272 g/mol. The van der Waals surface area contributed by atoms with E-state index < -0.39 is 5.97 Å². The van der Waals surface area contributed by atoms with E-state index in [1.165, 1.54) is 6.33 Å². The SMILES string of the molecule is CC(C)Cn1ncnc1Cn1nnc(C(=O)O)c1C1CC1. The van der Waals surface area contributed by atoms with Gasteiger partial charge in [-0.15, -0.1) is 5.10 Å². The summed E-state index contributed by atoms with van der Waals surface area (Å²) in [6.07, 6.45) is 3.50. The standard InChI is InChI=1S/C13H18N6O2/c1-8(2)5-18-10(14-7-15-18)6-19-12(9-3-4-9)11(13(20)21)16-17-19/h7-9H,3-6H2,1-2H3,(H,20,21). The van der Waals surface area contributed by atoms with E-state index in [-0.39, 0.29) is 11.6 Å². The highest BCUT2D eigenvalue weighted by Gasteiger charge is 2.34. The van der Waals surface area contributed by atoms with Gasteiger partial charge in [-0.05, 0) is 18.8 Å². The molecule has 1 saturated carbocycles. The minimum Gasteiger partial charge on any atom is -0.476 e. The maximum atomic E-state index is 11.2. The predicted octanol–water partition coefficient (Wildman–Crippen LogP) is 1.15. The van der Waals surface area contributed by atoms with Crippen molar-refractivity contribution in [2.24, 2.45) is 5.92 Å². The van der Waals surface area contributed by atoms with Gasteiger partial charge in [0.1, 0.15) is 18.7 Å². The first-order chi connectivity index (χ1) is 10.1. The van der Waals surface area contributed by atoms with Gasteiger partial charge < -0.3 is 5.11 Å². The fourth-order valence-corrected chi connectivity index (χ4v) is 2.39. The maximum Gasteiger partial charge on any atom is 0.358 e. The Hall–Kier alpha value is -2.25. The molecule has 0 radical (unpaired) electrons. The number of nitrogens with zero attached hydrogens (tertiary/aromatic N) is 6. The van der Waals surface area contributed by atoms with E-state index in [1.54, 1.807) is 4.68 Å². The monoisotopic (exact) mass is 290 g/mol. The number of rotatable bonds is 6. The van der Waals surface area contributed by atoms with Crippen LogP contribution in [-0.4, -0.2) is 40.8 Å². The van der Waals surface area contributed by atoms with Crippen LogP contribution in [0.5, 0.6) is 0 Å². The van der Waals surface area contributed by atoms with Gasteiger partial charge in [-0.2, -0.15) is 5.10 Å². The fourth-order valence-electron chi connectivity index (χ4n) is 2.39. The van der Waals surface area contributed by atoms with Gasteiger partial charge in [0.25, 0.3) is 0 Å². The molecule has 1 aliphatic rings. The minimum absolute atomic E-state index is 0.0624. The van der Waals surface area contributed by atoms with Crippen molar-refractivity contribution in [3.63, 3.8) is 0 Å². The van der Waals surface area contributed by atoms with Crippen molar-refractivity contribution >= 4 is 5.97 Å². The van der Waals surface area contributed by atoms with Crippen molar-refractivity contribution in [3.8, 4) is 0 Å². The molecule has 2 aromatic rings. The Labute approximate surface area is 121 Å². The Morgan fingerprint density at radius 3 is 2.81 bits per heavy atom. The fraction of sp³-hybridized carbons (Fsp3) is 0.615. The van der Waals surface area contributed by atoms with Crippen LogP contribution in [-0.2, 0) is 13.1 Å².